The highest BCUT2D eigenvalue weighted by Crippen LogP contribution is 2.28. The highest BCUT2D eigenvalue weighted by atomic mass is 19.4. The Morgan fingerprint density at radius 2 is 1.73 bits per heavy atom. The van der Waals surface area contributed by atoms with Gasteiger partial charge in [-0.25, -0.2) is 8.96 Å². The highest BCUT2D eigenvalue weighted by molar-refractivity contribution is 6.00. The number of carbonyl (C=O) groups excluding carboxylic acids is 1. The van der Waals surface area contributed by atoms with Gasteiger partial charge in [-0.1, -0.05) is 48.5 Å². The van der Waals surface area contributed by atoms with Gasteiger partial charge in [0.05, 0.1) is 0 Å². The van der Waals surface area contributed by atoms with E-state index >= 15 is 0 Å². The van der Waals surface area contributed by atoms with Gasteiger partial charge in [-0.3, -0.25) is 4.79 Å². The number of ether oxygens (including phenoxy) is 1. The summed E-state index contributed by atoms with van der Waals surface area (Å²) in [5, 5.41) is 0. The summed E-state index contributed by atoms with van der Waals surface area (Å²) in [6.45, 7) is 0.625. The minimum Gasteiger partial charge on any atom is -0.406 e. The summed E-state index contributed by atoms with van der Waals surface area (Å²) in [5.41, 5.74) is 4.33. The number of alkyl halides is 3. The molecule has 0 unspecified atom stereocenters. The molecule has 33 heavy (non-hydrogen) atoms. The van der Waals surface area contributed by atoms with Crippen LogP contribution in [0.4, 0.5) is 17.6 Å². The topological polar surface area (TPSA) is 47.1 Å². The van der Waals surface area contributed by atoms with Gasteiger partial charge < -0.3 is 4.74 Å². The van der Waals surface area contributed by atoms with Crippen LogP contribution in [-0.2, 0) is 6.54 Å². The van der Waals surface area contributed by atoms with Crippen LogP contribution < -0.4 is 14.7 Å². The lowest BCUT2D eigenvalue weighted by molar-refractivity contribution is -0.687. The van der Waals surface area contributed by atoms with Gasteiger partial charge >= 0.3 is 6.36 Å². The minimum absolute atomic E-state index is 0.0941. The van der Waals surface area contributed by atoms with Gasteiger partial charge in [-0.05, 0) is 35.4 Å². The Bertz CT molecular complexity index is 1250. The fourth-order valence-electron chi connectivity index (χ4n) is 3.26. The summed E-state index contributed by atoms with van der Waals surface area (Å²) in [6.07, 6.45) is 0.349. The molecule has 0 aliphatic carbocycles. The molecule has 168 valence electrons. The van der Waals surface area contributed by atoms with Crippen molar-refractivity contribution in [3.63, 3.8) is 0 Å². The number of halogens is 4. The molecule has 5 nitrogen and oxygen atoms in total. The van der Waals surface area contributed by atoms with Crippen molar-refractivity contribution in [2.75, 3.05) is 5.43 Å². The van der Waals surface area contributed by atoms with Crippen molar-refractivity contribution in [1.29, 1.82) is 0 Å². The Labute approximate surface area is 186 Å². The first-order valence-corrected chi connectivity index (χ1v) is 9.85. The Balaban J connectivity index is 1.43. The molecule has 4 aromatic rings. The van der Waals surface area contributed by atoms with Crippen molar-refractivity contribution in [2.24, 2.45) is 0 Å². The lowest BCUT2D eigenvalue weighted by atomic mass is 10.0. The zero-order valence-corrected chi connectivity index (χ0v) is 17.1. The molecule has 4 rings (SSSR count). The molecule has 0 radical (unpaired) electrons. The minimum atomic E-state index is -4.80. The van der Waals surface area contributed by atoms with Gasteiger partial charge in [0.25, 0.3) is 12.2 Å². The number of benzene rings is 3. The number of rotatable bonds is 6. The van der Waals surface area contributed by atoms with E-state index < -0.39 is 23.8 Å². The van der Waals surface area contributed by atoms with E-state index in [1.807, 2.05) is 34.9 Å². The molecule has 1 N–H and O–H groups in total. The fourth-order valence-corrected chi connectivity index (χ4v) is 3.26. The number of carbonyl (C=O) groups is 1. The van der Waals surface area contributed by atoms with Crippen molar-refractivity contribution < 1.29 is 31.7 Å². The third-order valence-corrected chi connectivity index (χ3v) is 4.76. The zero-order valence-electron chi connectivity index (χ0n) is 17.1. The first-order chi connectivity index (χ1) is 15.8. The van der Waals surface area contributed by atoms with Gasteiger partial charge in [-0.15, -0.1) is 17.8 Å². The molecular formula is C24H18F4N3O2+. The molecule has 9 heteroatoms. The van der Waals surface area contributed by atoms with E-state index in [0.717, 1.165) is 23.8 Å². The molecule has 0 aliphatic heterocycles. The molecular weight excluding hydrogens is 438 g/mol. The highest BCUT2D eigenvalue weighted by Gasteiger charge is 2.31. The van der Waals surface area contributed by atoms with Crippen molar-refractivity contribution in [2.45, 2.75) is 12.9 Å². The monoisotopic (exact) mass is 456 g/mol. The third kappa shape index (κ3) is 5.76. The predicted molar refractivity (Wildman–Crippen MR) is 112 cm³/mol. The third-order valence-electron chi connectivity index (χ3n) is 4.76. The SMILES string of the molecule is O=C(Nn1cc[n+](Cc2ccccc2)c1)c1ccc(-c2ccc(OC(F)(F)F)cc2)c(F)c1. The fraction of sp³-hybridized carbons (Fsp3) is 0.0833. The number of nitrogens with one attached hydrogen (secondary N) is 1. The molecule has 0 saturated carbocycles. The zero-order chi connectivity index (χ0) is 23.4. The predicted octanol–water partition coefficient (Wildman–Crippen LogP) is 4.91. The van der Waals surface area contributed by atoms with E-state index in [4.69, 9.17) is 0 Å². The quantitative estimate of drug-likeness (QED) is 0.331. The molecule has 1 amide bonds. The molecule has 0 bridgehead atoms. The standard InChI is InChI=1S/C24H17F4N3O2/c25-22-14-19(8-11-21(22)18-6-9-20(10-7-18)33-24(26,27)28)23(32)29-31-13-12-30(16-31)15-17-4-2-1-3-5-17/h1-14,16H,15H2/p+1. The first kappa shape index (κ1) is 22.1. The second kappa shape index (κ2) is 9.15. The lowest BCUT2D eigenvalue weighted by Gasteiger charge is -2.10. The van der Waals surface area contributed by atoms with E-state index in [-0.39, 0.29) is 11.1 Å². The van der Waals surface area contributed by atoms with E-state index in [9.17, 15) is 22.4 Å². The van der Waals surface area contributed by atoms with Crippen LogP contribution in [0.3, 0.4) is 0 Å². The number of hydrogen-bond acceptors (Lipinski definition) is 2. The van der Waals surface area contributed by atoms with Crippen molar-refractivity contribution >= 4 is 5.91 Å². The smallest absolute Gasteiger partial charge is 0.406 e. The van der Waals surface area contributed by atoms with Gasteiger partial charge in [-0.2, -0.15) is 5.43 Å². The average Bonchev–Trinajstić information content (AvgIpc) is 3.20. The summed E-state index contributed by atoms with van der Waals surface area (Å²) >= 11 is 0. The molecule has 0 atom stereocenters. The summed E-state index contributed by atoms with van der Waals surface area (Å²) in [7, 11) is 0. The first-order valence-electron chi connectivity index (χ1n) is 9.85. The molecule has 0 spiro atoms. The molecule has 3 aromatic carbocycles. The number of nitrogens with zero attached hydrogens (tertiary/aromatic N) is 2. The van der Waals surface area contributed by atoms with Crippen LogP contribution in [0.25, 0.3) is 11.1 Å². The normalized spacial score (nSPS) is 11.3. The van der Waals surface area contributed by atoms with Crippen LogP contribution in [0.15, 0.2) is 91.5 Å². The van der Waals surface area contributed by atoms with E-state index in [1.165, 1.54) is 28.9 Å². The van der Waals surface area contributed by atoms with E-state index in [1.54, 1.807) is 18.7 Å². The van der Waals surface area contributed by atoms with Crippen LogP contribution in [0.2, 0.25) is 0 Å². The van der Waals surface area contributed by atoms with Gasteiger partial charge in [0.1, 0.15) is 24.3 Å². The summed E-state index contributed by atoms with van der Waals surface area (Å²) in [5.74, 6) is -1.60. The van der Waals surface area contributed by atoms with Crippen LogP contribution in [0.5, 0.6) is 5.75 Å². The average molecular weight is 456 g/mol. The number of hydrogen-bond donors (Lipinski definition) is 1. The van der Waals surface area contributed by atoms with Crippen LogP contribution in [-0.4, -0.2) is 16.9 Å². The largest absolute Gasteiger partial charge is 0.573 e. The molecule has 0 fully saturated rings. The molecule has 0 aliphatic rings. The lowest BCUT2D eigenvalue weighted by Crippen LogP contribution is -2.33. The summed E-state index contributed by atoms with van der Waals surface area (Å²) in [6, 6.07) is 18.5. The maximum Gasteiger partial charge on any atom is 0.573 e. The van der Waals surface area contributed by atoms with Crippen molar-refractivity contribution in [1.82, 2.24) is 4.68 Å². The Morgan fingerprint density at radius 3 is 2.39 bits per heavy atom. The van der Waals surface area contributed by atoms with Crippen molar-refractivity contribution in [3.05, 3.63) is 108 Å². The van der Waals surface area contributed by atoms with Crippen LogP contribution in [0.1, 0.15) is 15.9 Å². The molecule has 1 heterocycles. The van der Waals surface area contributed by atoms with Crippen LogP contribution >= 0.6 is 0 Å². The van der Waals surface area contributed by atoms with E-state index in [2.05, 4.69) is 10.2 Å². The van der Waals surface area contributed by atoms with E-state index in [0.29, 0.717) is 12.1 Å². The molecule has 0 saturated heterocycles. The van der Waals surface area contributed by atoms with Gasteiger partial charge in [0.15, 0.2) is 6.20 Å². The number of imidazole rings is 1. The van der Waals surface area contributed by atoms with Crippen molar-refractivity contribution in [3.8, 4) is 16.9 Å². The van der Waals surface area contributed by atoms with Gasteiger partial charge in [0.2, 0.25) is 0 Å². The second-order valence-corrected chi connectivity index (χ2v) is 7.19. The maximum atomic E-state index is 14.7. The second-order valence-electron chi connectivity index (χ2n) is 7.19. The summed E-state index contributed by atoms with van der Waals surface area (Å²) in [4.78, 5) is 12.5. The molecule has 1 aromatic heterocycles. The number of aromatic nitrogens is 2. The Kier molecular flexibility index (Phi) is 6.12. The maximum absolute atomic E-state index is 14.7. The number of amides is 1. The summed E-state index contributed by atoms with van der Waals surface area (Å²) < 4.78 is 58.7. The van der Waals surface area contributed by atoms with Gasteiger partial charge in [0, 0.05) is 11.1 Å². The Hall–Kier alpha value is -4.14. The van der Waals surface area contributed by atoms with Crippen LogP contribution in [0, 0.1) is 5.82 Å². The Morgan fingerprint density at radius 1 is 1.00 bits per heavy atom.